The van der Waals surface area contributed by atoms with Gasteiger partial charge in [-0.3, -0.25) is 4.79 Å². The van der Waals surface area contributed by atoms with Crippen LogP contribution in [-0.2, 0) is 9.53 Å². The Morgan fingerprint density at radius 1 is 1.50 bits per heavy atom. The van der Waals surface area contributed by atoms with Crippen LogP contribution in [-0.4, -0.2) is 18.0 Å². The molecule has 1 aliphatic rings. The highest BCUT2D eigenvalue weighted by atomic mass is 35.5. The molecule has 1 aromatic rings. The zero-order valence-electron chi connectivity index (χ0n) is 7.87. The van der Waals surface area contributed by atoms with E-state index in [2.05, 4.69) is 4.74 Å². The number of ether oxygens (including phenoxy) is 1. The van der Waals surface area contributed by atoms with Gasteiger partial charge in [-0.25, -0.2) is 0 Å². The van der Waals surface area contributed by atoms with Crippen LogP contribution >= 0.6 is 11.6 Å². The number of rotatable bonds is 2. The Morgan fingerprint density at radius 3 is 2.71 bits per heavy atom. The summed E-state index contributed by atoms with van der Waals surface area (Å²) in [6.07, 6.45) is 0.672. The number of benzene rings is 1. The summed E-state index contributed by atoms with van der Waals surface area (Å²) >= 11 is 6.12. The number of alkyl halides is 1. The Kier molecular flexibility index (Phi) is 2.23. The molecule has 0 aromatic heterocycles. The average molecular weight is 211 g/mol. The van der Waals surface area contributed by atoms with Crippen LogP contribution in [0, 0.1) is 0 Å². The zero-order valence-corrected chi connectivity index (χ0v) is 8.62. The van der Waals surface area contributed by atoms with E-state index in [4.69, 9.17) is 11.6 Å². The summed E-state index contributed by atoms with van der Waals surface area (Å²) < 4.78 is 4.66. The van der Waals surface area contributed by atoms with E-state index >= 15 is 0 Å². The molecule has 0 N–H and O–H groups in total. The molecular weight excluding hydrogens is 200 g/mol. The summed E-state index contributed by atoms with van der Waals surface area (Å²) in [5, 5.41) is 0. The number of hydrogen-bond acceptors (Lipinski definition) is 2. The monoisotopic (exact) mass is 210 g/mol. The molecule has 1 aliphatic carbocycles. The Bertz CT molecular complexity index is 350. The fraction of sp³-hybridized carbons (Fsp3) is 0.364. The van der Waals surface area contributed by atoms with Gasteiger partial charge in [0.1, 0.15) is 4.87 Å². The second-order valence-corrected chi connectivity index (χ2v) is 4.20. The number of esters is 1. The lowest BCUT2D eigenvalue weighted by molar-refractivity contribution is -0.141. The lowest BCUT2D eigenvalue weighted by Crippen LogP contribution is -2.19. The number of carbonyl (C=O) groups excluding carboxylic acids is 1. The van der Waals surface area contributed by atoms with Gasteiger partial charge in [-0.2, -0.15) is 0 Å². The van der Waals surface area contributed by atoms with E-state index in [1.807, 2.05) is 30.3 Å². The standard InChI is InChI=1S/C11H11ClO2/c1-14-10(13)11(12)7-9(11)8-5-3-2-4-6-8/h2-6,9H,7H2,1H3/t9-,11-/m1/s1. The third-order valence-electron chi connectivity index (χ3n) is 2.62. The minimum absolute atomic E-state index is 0.109. The second-order valence-electron chi connectivity index (χ2n) is 3.52. The first-order chi connectivity index (χ1) is 6.68. The van der Waals surface area contributed by atoms with Gasteiger partial charge in [-0.05, 0) is 12.0 Å². The molecular formula is C11H11ClO2. The first-order valence-electron chi connectivity index (χ1n) is 4.51. The molecule has 0 heterocycles. The van der Waals surface area contributed by atoms with Gasteiger partial charge in [-0.15, -0.1) is 11.6 Å². The predicted molar refractivity (Wildman–Crippen MR) is 54.4 cm³/mol. The molecule has 2 atom stereocenters. The molecule has 14 heavy (non-hydrogen) atoms. The van der Waals surface area contributed by atoms with E-state index in [0.29, 0.717) is 6.42 Å². The highest BCUT2D eigenvalue weighted by Crippen LogP contribution is 2.57. The van der Waals surface area contributed by atoms with E-state index in [0.717, 1.165) is 5.56 Å². The van der Waals surface area contributed by atoms with Crippen LogP contribution in [0.15, 0.2) is 30.3 Å². The van der Waals surface area contributed by atoms with Crippen LogP contribution in [0.2, 0.25) is 0 Å². The van der Waals surface area contributed by atoms with Crippen LogP contribution in [0.1, 0.15) is 17.9 Å². The summed E-state index contributed by atoms with van der Waals surface area (Å²) in [6.45, 7) is 0. The van der Waals surface area contributed by atoms with Crippen molar-refractivity contribution in [1.82, 2.24) is 0 Å². The van der Waals surface area contributed by atoms with E-state index in [9.17, 15) is 4.79 Å². The van der Waals surface area contributed by atoms with Crippen molar-refractivity contribution < 1.29 is 9.53 Å². The lowest BCUT2D eigenvalue weighted by atomic mass is 10.1. The van der Waals surface area contributed by atoms with Gasteiger partial charge in [0, 0.05) is 5.92 Å². The number of hydrogen-bond donors (Lipinski definition) is 0. The quantitative estimate of drug-likeness (QED) is 0.553. The normalized spacial score (nSPS) is 29.7. The van der Waals surface area contributed by atoms with Crippen molar-refractivity contribution in [1.29, 1.82) is 0 Å². The molecule has 0 saturated heterocycles. The van der Waals surface area contributed by atoms with Crippen LogP contribution in [0.3, 0.4) is 0 Å². The van der Waals surface area contributed by atoms with Gasteiger partial charge in [0.2, 0.25) is 0 Å². The molecule has 2 rings (SSSR count). The van der Waals surface area contributed by atoms with Crippen molar-refractivity contribution in [2.45, 2.75) is 17.2 Å². The molecule has 1 fully saturated rings. The van der Waals surface area contributed by atoms with E-state index < -0.39 is 4.87 Å². The van der Waals surface area contributed by atoms with E-state index in [1.54, 1.807) is 0 Å². The average Bonchev–Trinajstić information content (AvgIpc) is 2.92. The highest BCUT2D eigenvalue weighted by molar-refractivity contribution is 6.37. The van der Waals surface area contributed by atoms with Crippen LogP contribution < -0.4 is 0 Å². The van der Waals surface area contributed by atoms with Crippen molar-refractivity contribution in [3.05, 3.63) is 35.9 Å². The maximum Gasteiger partial charge on any atom is 0.327 e. The molecule has 0 amide bonds. The molecule has 0 aliphatic heterocycles. The van der Waals surface area contributed by atoms with E-state index in [-0.39, 0.29) is 11.9 Å². The topological polar surface area (TPSA) is 26.3 Å². The zero-order chi connectivity index (χ0) is 10.2. The van der Waals surface area contributed by atoms with Gasteiger partial charge >= 0.3 is 5.97 Å². The molecule has 1 aromatic carbocycles. The van der Waals surface area contributed by atoms with Crippen molar-refractivity contribution in [3.63, 3.8) is 0 Å². The lowest BCUT2D eigenvalue weighted by Gasteiger charge is -2.05. The maximum atomic E-state index is 11.3. The minimum Gasteiger partial charge on any atom is -0.468 e. The van der Waals surface area contributed by atoms with Crippen molar-refractivity contribution >= 4 is 17.6 Å². The van der Waals surface area contributed by atoms with E-state index in [1.165, 1.54) is 7.11 Å². The molecule has 74 valence electrons. The summed E-state index contributed by atoms with van der Waals surface area (Å²) in [4.78, 5) is 10.5. The predicted octanol–water partition coefficient (Wildman–Crippen LogP) is 2.32. The second kappa shape index (κ2) is 3.28. The van der Waals surface area contributed by atoms with Gasteiger partial charge < -0.3 is 4.74 Å². The molecule has 0 bridgehead atoms. The van der Waals surface area contributed by atoms with Crippen LogP contribution in [0.5, 0.6) is 0 Å². The molecule has 0 spiro atoms. The fourth-order valence-electron chi connectivity index (χ4n) is 1.70. The minimum atomic E-state index is -0.809. The van der Waals surface area contributed by atoms with Gasteiger partial charge in [0.05, 0.1) is 7.11 Å². The summed E-state index contributed by atoms with van der Waals surface area (Å²) in [7, 11) is 1.37. The molecule has 1 saturated carbocycles. The van der Waals surface area contributed by atoms with Crippen molar-refractivity contribution in [3.8, 4) is 0 Å². The summed E-state index contributed by atoms with van der Waals surface area (Å²) in [5.74, 6) is -0.217. The summed E-state index contributed by atoms with van der Waals surface area (Å²) in [6, 6.07) is 9.81. The molecule has 2 nitrogen and oxygen atoms in total. The Balaban J connectivity index is 2.16. The highest BCUT2D eigenvalue weighted by Gasteiger charge is 2.60. The Hall–Kier alpha value is -1.02. The maximum absolute atomic E-state index is 11.3. The third kappa shape index (κ3) is 1.40. The van der Waals surface area contributed by atoms with Crippen LogP contribution in [0.25, 0.3) is 0 Å². The van der Waals surface area contributed by atoms with Gasteiger partial charge in [0.15, 0.2) is 0 Å². The summed E-state index contributed by atoms with van der Waals surface area (Å²) in [5.41, 5.74) is 1.10. The van der Waals surface area contributed by atoms with Gasteiger partial charge in [-0.1, -0.05) is 30.3 Å². The first-order valence-corrected chi connectivity index (χ1v) is 4.88. The number of carbonyl (C=O) groups is 1. The molecule has 0 unspecified atom stereocenters. The van der Waals surface area contributed by atoms with Crippen molar-refractivity contribution in [2.75, 3.05) is 7.11 Å². The van der Waals surface area contributed by atoms with Gasteiger partial charge in [0.25, 0.3) is 0 Å². The largest absolute Gasteiger partial charge is 0.468 e. The smallest absolute Gasteiger partial charge is 0.327 e. The Morgan fingerprint density at radius 2 is 2.14 bits per heavy atom. The fourth-order valence-corrected chi connectivity index (χ4v) is 2.06. The molecule has 0 radical (unpaired) electrons. The Labute approximate surface area is 87.8 Å². The SMILES string of the molecule is COC(=O)[C@@]1(Cl)C[C@@H]1c1ccccc1. The van der Waals surface area contributed by atoms with Crippen LogP contribution in [0.4, 0.5) is 0 Å². The first kappa shape index (κ1) is 9.53. The van der Waals surface area contributed by atoms with Crippen molar-refractivity contribution in [2.24, 2.45) is 0 Å². The molecule has 3 heteroatoms. The number of halogens is 1. The third-order valence-corrected chi connectivity index (χ3v) is 3.19. The number of methoxy groups -OCH3 is 1.